The number of hydrogen-bond acceptors (Lipinski definition) is 2. The lowest BCUT2D eigenvalue weighted by Crippen LogP contribution is -2.52. The van der Waals surface area contributed by atoms with Crippen LogP contribution in [0.15, 0.2) is 24.3 Å². The van der Waals surface area contributed by atoms with Gasteiger partial charge < -0.3 is 10.4 Å². The molecule has 0 aliphatic heterocycles. The summed E-state index contributed by atoms with van der Waals surface area (Å²) in [6.07, 6.45) is 2.34. The molecule has 2 N–H and O–H groups in total. The van der Waals surface area contributed by atoms with Gasteiger partial charge in [-0.05, 0) is 43.5 Å². The third kappa shape index (κ3) is 1.92. The first kappa shape index (κ1) is 10.3. The lowest BCUT2D eigenvalue weighted by Gasteiger charge is -2.39. The van der Waals surface area contributed by atoms with Crippen LogP contribution >= 0.6 is 11.6 Å². The third-order valence-corrected chi connectivity index (χ3v) is 3.10. The van der Waals surface area contributed by atoms with Gasteiger partial charge >= 0.3 is 5.97 Å². The number of benzene rings is 1. The zero-order valence-electron chi connectivity index (χ0n) is 8.16. The molecule has 0 aromatic heterocycles. The quantitative estimate of drug-likeness (QED) is 0.832. The summed E-state index contributed by atoms with van der Waals surface area (Å²) in [6, 6.07) is 7.09. The molecule has 1 aromatic rings. The van der Waals surface area contributed by atoms with Gasteiger partial charge in [-0.25, -0.2) is 4.79 Å². The summed E-state index contributed by atoms with van der Waals surface area (Å²) < 4.78 is 0. The van der Waals surface area contributed by atoms with E-state index in [4.69, 9.17) is 16.7 Å². The largest absolute Gasteiger partial charge is 0.480 e. The minimum absolute atomic E-state index is 0.651. The maximum atomic E-state index is 11.1. The van der Waals surface area contributed by atoms with Crippen molar-refractivity contribution in [3.8, 4) is 0 Å². The normalized spacial score (nSPS) is 17.9. The third-order valence-electron chi connectivity index (χ3n) is 2.84. The van der Waals surface area contributed by atoms with E-state index in [9.17, 15) is 4.79 Å². The maximum absolute atomic E-state index is 11.1. The molecule has 1 saturated carbocycles. The van der Waals surface area contributed by atoms with Crippen LogP contribution in [0.2, 0.25) is 5.02 Å². The molecule has 1 fully saturated rings. The highest BCUT2D eigenvalue weighted by atomic mass is 35.5. The van der Waals surface area contributed by atoms with Crippen LogP contribution in [0.3, 0.4) is 0 Å². The van der Waals surface area contributed by atoms with Crippen LogP contribution in [-0.2, 0) is 4.79 Å². The second kappa shape index (κ2) is 3.74. The number of aliphatic carboxylic acids is 1. The summed E-state index contributed by atoms with van der Waals surface area (Å²) in [5.41, 5.74) is 0.0508. The van der Waals surface area contributed by atoms with Crippen LogP contribution in [0.25, 0.3) is 0 Å². The summed E-state index contributed by atoms with van der Waals surface area (Å²) in [7, 11) is 0. The minimum Gasteiger partial charge on any atom is -0.480 e. The van der Waals surface area contributed by atoms with Gasteiger partial charge in [0.25, 0.3) is 0 Å². The molecule has 0 unspecified atom stereocenters. The smallest absolute Gasteiger partial charge is 0.329 e. The Morgan fingerprint density at radius 3 is 2.33 bits per heavy atom. The Morgan fingerprint density at radius 2 is 1.93 bits per heavy atom. The average Bonchev–Trinajstić information content (AvgIpc) is 2.13. The molecular weight excluding hydrogens is 214 g/mol. The molecule has 0 saturated heterocycles. The highest BCUT2D eigenvalue weighted by Gasteiger charge is 2.44. The van der Waals surface area contributed by atoms with Crippen molar-refractivity contribution < 1.29 is 9.90 Å². The van der Waals surface area contributed by atoms with Crippen LogP contribution in [0.1, 0.15) is 19.3 Å². The monoisotopic (exact) mass is 225 g/mol. The van der Waals surface area contributed by atoms with Crippen molar-refractivity contribution in [1.29, 1.82) is 0 Å². The predicted molar refractivity (Wildman–Crippen MR) is 59.3 cm³/mol. The number of anilines is 1. The van der Waals surface area contributed by atoms with E-state index < -0.39 is 11.5 Å². The number of rotatable bonds is 3. The van der Waals surface area contributed by atoms with Crippen molar-refractivity contribution in [3.05, 3.63) is 29.3 Å². The van der Waals surface area contributed by atoms with Crippen LogP contribution in [-0.4, -0.2) is 16.6 Å². The van der Waals surface area contributed by atoms with E-state index in [-0.39, 0.29) is 0 Å². The predicted octanol–water partition coefficient (Wildman–Crippen LogP) is 2.76. The van der Waals surface area contributed by atoms with Gasteiger partial charge in [-0.3, -0.25) is 0 Å². The van der Waals surface area contributed by atoms with Gasteiger partial charge in [0.05, 0.1) is 0 Å². The van der Waals surface area contributed by atoms with Gasteiger partial charge in [0, 0.05) is 10.7 Å². The molecule has 0 spiro atoms. The number of nitrogens with one attached hydrogen (secondary N) is 1. The molecule has 1 aliphatic rings. The molecule has 0 radical (unpaired) electrons. The van der Waals surface area contributed by atoms with Crippen molar-refractivity contribution in [2.24, 2.45) is 0 Å². The fourth-order valence-electron chi connectivity index (χ4n) is 1.73. The number of carbonyl (C=O) groups is 1. The molecule has 1 aromatic carbocycles. The summed E-state index contributed by atoms with van der Waals surface area (Å²) in [5, 5.41) is 12.8. The Bertz CT molecular complexity index is 371. The van der Waals surface area contributed by atoms with Crippen LogP contribution < -0.4 is 5.32 Å². The van der Waals surface area contributed by atoms with Gasteiger partial charge in [-0.15, -0.1) is 0 Å². The highest BCUT2D eigenvalue weighted by Crippen LogP contribution is 2.35. The molecule has 0 heterocycles. The first-order valence-electron chi connectivity index (χ1n) is 4.90. The van der Waals surface area contributed by atoms with Gasteiger partial charge in [0.15, 0.2) is 0 Å². The van der Waals surface area contributed by atoms with E-state index in [0.717, 1.165) is 12.1 Å². The van der Waals surface area contributed by atoms with E-state index in [2.05, 4.69) is 5.32 Å². The van der Waals surface area contributed by atoms with E-state index in [1.807, 2.05) is 0 Å². The number of carboxylic acid groups (broad SMARTS) is 1. The fraction of sp³-hybridized carbons (Fsp3) is 0.364. The summed E-state index contributed by atoms with van der Waals surface area (Å²) >= 11 is 5.75. The van der Waals surface area contributed by atoms with Crippen molar-refractivity contribution in [2.75, 3.05) is 5.32 Å². The van der Waals surface area contributed by atoms with Gasteiger partial charge in [-0.2, -0.15) is 0 Å². The minimum atomic E-state index is -0.774. The van der Waals surface area contributed by atoms with Gasteiger partial charge in [-0.1, -0.05) is 11.6 Å². The van der Waals surface area contributed by atoms with Crippen molar-refractivity contribution >= 4 is 23.3 Å². The topological polar surface area (TPSA) is 49.3 Å². The molecule has 0 bridgehead atoms. The Balaban J connectivity index is 2.13. The molecule has 4 heteroatoms. The molecule has 2 rings (SSSR count). The summed E-state index contributed by atoms with van der Waals surface area (Å²) in [5.74, 6) is -0.774. The standard InChI is InChI=1S/C11H12ClNO2/c12-8-2-4-9(5-3-8)13-11(10(14)15)6-1-7-11/h2-5,13H,1,6-7H2,(H,14,15). The second-order valence-electron chi connectivity index (χ2n) is 3.87. The number of carboxylic acids is 1. The fourth-order valence-corrected chi connectivity index (χ4v) is 1.86. The molecule has 15 heavy (non-hydrogen) atoms. The van der Waals surface area contributed by atoms with Crippen molar-refractivity contribution in [3.63, 3.8) is 0 Å². The van der Waals surface area contributed by atoms with Gasteiger partial charge in [0.1, 0.15) is 5.54 Å². The van der Waals surface area contributed by atoms with E-state index in [0.29, 0.717) is 17.9 Å². The Labute approximate surface area is 93.1 Å². The Kier molecular flexibility index (Phi) is 2.57. The zero-order chi connectivity index (χ0) is 10.9. The summed E-state index contributed by atoms with van der Waals surface area (Å²) in [4.78, 5) is 11.1. The van der Waals surface area contributed by atoms with Crippen LogP contribution in [0, 0.1) is 0 Å². The highest BCUT2D eigenvalue weighted by molar-refractivity contribution is 6.30. The van der Waals surface area contributed by atoms with E-state index in [1.54, 1.807) is 24.3 Å². The second-order valence-corrected chi connectivity index (χ2v) is 4.31. The number of hydrogen-bond donors (Lipinski definition) is 2. The molecular formula is C11H12ClNO2. The lowest BCUT2D eigenvalue weighted by molar-refractivity contribution is -0.145. The zero-order valence-corrected chi connectivity index (χ0v) is 8.92. The number of halogens is 1. The summed E-state index contributed by atoms with van der Waals surface area (Å²) in [6.45, 7) is 0. The first-order valence-corrected chi connectivity index (χ1v) is 5.27. The molecule has 0 amide bonds. The lowest BCUT2D eigenvalue weighted by atomic mass is 9.76. The van der Waals surface area contributed by atoms with Gasteiger partial charge in [0.2, 0.25) is 0 Å². The van der Waals surface area contributed by atoms with Crippen molar-refractivity contribution in [2.45, 2.75) is 24.8 Å². The maximum Gasteiger partial charge on any atom is 0.329 e. The first-order chi connectivity index (χ1) is 7.12. The SMILES string of the molecule is O=C(O)C1(Nc2ccc(Cl)cc2)CCC1. The molecule has 1 aliphatic carbocycles. The van der Waals surface area contributed by atoms with E-state index >= 15 is 0 Å². The molecule has 0 atom stereocenters. The Hall–Kier alpha value is -1.22. The van der Waals surface area contributed by atoms with E-state index in [1.165, 1.54) is 0 Å². The average molecular weight is 226 g/mol. The Morgan fingerprint density at radius 1 is 1.33 bits per heavy atom. The van der Waals surface area contributed by atoms with Crippen molar-refractivity contribution in [1.82, 2.24) is 0 Å². The molecule has 80 valence electrons. The molecule has 3 nitrogen and oxygen atoms in total. The van der Waals surface area contributed by atoms with Crippen LogP contribution in [0.5, 0.6) is 0 Å². The van der Waals surface area contributed by atoms with Crippen LogP contribution in [0.4, 0.5) is 5.69 Å².